The number of carboxylic acids is 1. The lowest BCUT2D eigenvalue weighted by molar-refractivity contribution is -0.172. The number of piperazine rings is 1. The Balaban J connectivity index is 1.61. The first-order valence-corrected chi connectivity index (χ1v) is 13.4. The maximum absolute atomic E-state index is 14.1. The summed E-state index contributed by atoms with van der Waals surface area (Å²) in [6.07, 6.45) is -6.28. The van der Waals surface area contributed by atoms with Gasteiger partial charge in [0.05, 0.1) is 40.6 Å². The molecule has 210 valence electrons. The molecule has 4 rings (SSSR count). The molecule has 0 bridgehead atoms. The zero-order valence-corrected chi connectivity index (χ0v) is 21.1. The number of hydrogen-bond acceptors (Lipinski definition) is 6. The first-order valence-electron chi connectivity index (χ1n) is 11.9. The molecule has 2 aliphatic heterocycles. The fourth-order valence-corrected chi connectivity index (χ4v) is 7.36. The number of anilines is 1. The number of alkyl halides is 5. The predicted octanol–water partition coefficient (Wildman–Crippen LogP) is 2.10. The van der Waals surface area contributed by atoms with Crippen LogP contribution in [-0.4, -0.2) is 91.5 Å². The summed E-state index contributed by atoms with van der Waals surface area (Å²) in [6.45, 7) is 0.586. The number of likely N-dealkylation sites (tertiary alicyclic amines) is 1. The van der Waals surface area contributed by atoms with Crippen molar-refractivity contribution in [2.24, 2.45) is 11.8 Å². The van der Waals surface area contributed by atoms with E-state index in [1.54, 1.807) is 4.90 Å². The molecule has 1 saturated carbocycles. The highest BCUT2D eigenvalue weighted by Gasteiger charge is 2.54. The van der Waals surface area contributed by atoms with Gasteiger partial charge in [-0.1, -0.05) is 0 Å². The third kappa shape index (κ3) is 5.29. The van der Waals surface area contributed by atoms with Gasteiger partial charge in [0.2, 0.25) is 11.8 Å². The van der Waals surface area contributed by atoms with Crippen LogP contribution in [0.5, 0.6) is 0 Å². The predicted molar refractivity (Wildman–Crippen MR) is 122 cm³/mol. The molecule has 9 nitrogen and oxygen atoms in total. The molecule has 3 atom stereocenters. The largest absolute Gasteiger partial charge is 0.481 e. The van der Waals surface area contributed by atoms with Crippen molar-refractivity contribution in [3.63, 3.8) is 0 Å². The molecule has 1 aromatic rings. The van der Waals surface area contributed by atoms with Crippen molar-refractivity contribution in [2.75, 3.05) is 44.2 Å². The van der Waals surface area contributed by atoms with Gasteiger partial charge >= 0.3 is 12.1 Å². The molecule has 2 saturated heterocycles. The van der Waals surface area contributed by atoms with Gasteiger partial charge in [-0.05, 0) is 31.0 Å². The number of sulfone groups is 1. The first-order chi connectivity index (χ1) is 17.5. The van der Waals surface area contributed by atoms with Gasteiger partial charge in [0, 0.05) is 38.8 Å². The van der Waals surface area contributed by atoms with Gasteiger partial charge in [0.25, 0.3) is 5.92 Å². The normalized spacial score (nSPS) is 25.7. The summed E-state index contributed by atoms with van der Waals surface area (Å²) in [5, 5.41) is 7.94. The van der Waals surface area contributed by atoms with Gasteiger partial charge in [-0.2, -0.15) is 13.2 Å². The second-order valence-corrected chi connectivity index (χ2v) is 12.1. The standard InChI is InChI=1S/C23H26F5N3O6S/c1-13(32)29-4-6-30(7-5-29)14-2-3-19(18(8-14)23(26,27)28)38(36,37)15-9-16(17(10-15)21(34)35)20(33)31-11-22(24,25)12-31/h2-3,8,15-17H,4-7,9-12H2,1H3,(H,34,35). The van der Waals surface area contributed by atoms with Crippen LogP contribution in [0.3, 0.4) is 0 Å². The Morgan fingerprint density at radius 3 is 2.05 bits per heavy atom. The molecular weight excluding hydrogens is 541 g/mol. The third-order valence-electron chi connectivity index (χ3n) is 7.41. The monoisotopic (exact) mass is 567 g/mol. The summed E-state index contributed by atoms with van der Waals surface area (Å²) in [6, 6.07) is 2.76. The number of hydrogen-bond donors (Lipinski definition) is 1. The summed E-state index contributed by atoms with van der Waals surface area (Å²) in [7, 11) is -4.76. The van der Waals surface area contributed by atoms with Gasteiger partial charge in [0.1, 0.15) is 0 Å². The van der Waals surface area contributed by atoms with Crippen molar-refractivity contribution >= 4 is 33.3 Å². The molecule has 38 heavy (non-hydrogen) atoms. The van der Waals surface area contributed by atoms with Gasteiger partial charge in [-0.15, -0.1) is 0 Å². The van der Waals surface area contributed by atoms with Crippen molar-refractivity contribution in [1.82, 2.24) is 9.80 Å². The van der Waals surface area contributed by atoms with Crippen LogP contribution in [0.15, 0.2) is 23.1 Å². The number of halogens is 5. The van der Waals surface area contributed by atoms with Crippen LogP contribution in [0.2, 0.25) is 0 Å². The van der Waals surface area contributed by atoms with E-state index >= 15 is 0 Å². The van der Waals surface area contributed by atoms with E-state index in [0.29, 0.717) is 6.07 Å². The van der Waals surface area contributed by atoms with E-state index < -0.39 is 87.3 Å². The molecule has 15 heteroatoms. The molecular formula is C23H26F5N3O6S. The fraction of sp³-hybridized carbons (Fsp3) is 0.609. The van der Waals surface area contributed by atoms with E-state index in [1.807, 2.05) is 0 Å². The van der Waals surface area contributed by atoms with E-state index in [0.717, 1.165) is 11.0 Å². The van der Waals surface area contributed by atoms with Gasteiger partial charge < -0.3 is 19.8 Å². The van der Waals surface area contributed by atoms with Crippen LogP contribution >= 0.6 is 0 Å². The van der Waals surface area contributed by atoms with Crippen molar-refractivity contribution < 1.29 is 49.9 Å². The average Bonchev–Trinajstić information content (AvgIpc) is 3.28. The van der Waals surface area contributed by atoms with E-state index in [-0.39, 0.29) is 37.8 Å². The molecule has 3 unspecified atom stereocenters. The van der Waals surface area contributed by atoms with Crippen molar-refractivity contribution in [2.45, 2.75) is 42.0 Å². The number of amides is 2. The Kier molecular flexibility index (Phi) is 7.12. The smallest absolute Gasteiger partial charge is 0.417 e. The highest BCUT2D eigenvalue weighted by molar-refractivity contribution is 7.92. The number of nitrogens with zero attached hydrogens (tertiary/aromatic N) is 3. The number of aliphatic carboxylic acids is 1. The van der Waals surface area contributed by atoms with E-state index in [9.17, 15) is 49.9 Å². The van der Waals surface area contributed by atoms with Crippen LogP contribution in [0, 0.1) is 11.8 Å². The maximum atomic E-state index is 14.1. The van der Waals surface area contributed by atoms with E-state index in [2.05, 4.69) is 0 Å². The highest BCUT2D eigenvalue weighted by Crippen LogP contribution is 2.44. The molecule has 3 aliphatic rings. The number of carbonyl (C=O) groups is 3. The van der Waals surface area contributed by atoms with Crippen molar-refractivity contribution in [1.29, 1.82) is 0 Å². The second-order valence-electron chi connectivity index (χ2n) is 9.91. The Hall–Kier alpha value is -2.97. The Labute approximate surface area is 215 Å². The molecule has 1 N–H and O–H groups in total. The Morgan fingerprint density at radius 1 is 0.974 bits per heavy atom. The van der Waals surface area contributed by atoms with Crippen LogP contribution in [0.25, 0.3) is 0 Å². The summed E-state index contributed by atoms with van der Waals surface area (Å²) >= 11 is 0. The summed E-state index contributed by atoms with van der Waals surface area (Å²) in [5.41, 5.74) is -1.31. The lowest BCUT2D eigenvalue weighted by atomic mass is 9.93. The Morgan fingerprint density at radius 2 is 1.55 bits per heavy atom. The maximum Gasteiger partial charge on any atom is 0.417 e. The number of carbonyl (C=O) groups excluding carboxylic acids is 2. The van der Waals surface area contributed by atoms with Crippen LogP contribution < -0.4 is 4.90 Å². The molecule has 0 spiro atoms. The third-order valence-corrected chi connectivity index (χ3v) is 9.65. The average molecular weight is 568 g/mol. The number of carboxylic acid groups (broad SMARTS) is 1. The minimum atomic E-state index is -5.07. The molecule has 1 aliphatic carbocycles. The summed E-state index contributed by atoms with van der Waals surface area (Å²) in [5.74, 6) is -8.75. The molecule has 0 radical (unpaired) electrons. The molecule has 2 heterocycles. The molecule has 3 fully saturated rings. The zero-order chi connectivity index (χ0) is 28.2. The number of rotatable bonds is 5. The number of benzene rings is 1. The van der Waals surface area contributed by atoms with Gasteiger partial charge in [0.15, 0.2) is 9.84 Å². The van der Waals surface area contributed by atoms with E-state index in [1.165, 1.54) is 17.9 Å². The highest BCUT2D eigenvalue weighted by atomic mass is 32.2. The lowest BCUT2D eigenvalue weighted by Crippen LogP contribution is -2.60. The quantitative estimate of drug-likeness (QED) is 0.542. The van der Waals surface area contributed by atoms with E-state index in [4.69, 9.17) is 0 Å². The fourth-order valence-electron chi connectivity index (χ4n) is 5.34. The summed E-state index contributed by atoms with van der Waals surface area (Å²) < 4.78 is 95.4. The first kappa shape index (κ1) is 28.0. The lowest BCUT2D eigenvalue weighted by Gasteiger charge is -2.40. The minimum absolute atomic E-state index is 0.112. The second kappa shape index (κ2) is 9.65. The van der Waals surface area contributed by atoms with Crippen molar-refractivity contribution in [3.8, 4) is 0 Å². The molecule has 2 amide bonds. The van der Waals surface area contributed by atoms with Gasteiger partial charge in [-0.25, -0.2) is 17.2 Å². The zero-order valence-electron chi connectivity index (χ0n) is 20.2. The molecule has 0 aromatic heterocycles. The molecule has 1 aromatic carbocycles. The van der Waals surface area contributed by atoms with Crippen molar-refractivity contribution in [3.05, 3.63) is 23.8 Å². The topological polar surface area (TPSA) is 115 Å². The SMILES string of the molecule is CC(=O)N1CCN(c2ccc(S(=O)(=O)C3CC(C(=O)O)C(C(=O)N4CC(F)(F)C4)C3)c(C(F)(F)F)c2)CC1. The summed E-state index contributed by atoms with van der Waals surface area (Å²) in [4.78, 5) is 38.8. The van der Waals surface area contributed by atoms with Crippen LogP contribution in [0.4, 0.5) is 27.6 Å². The van der Waals surface area contributed by atoms with Gasteiger partial charge in [-0.3, -0.25) is 14.4 Å². The van der Waals surface area contributed by atoms with Crippen LogP contribution in [0.1, 0.15) is 25.3 Å². The Bertz CT molecular complexity index is 1240. The van der Waals surface area contributed by atoms with Crippen LogP contribution in [-0.2, 0) is 30.4 Å². The minimum Gasteiger partial charge on any atom is -0.481 e.